The summed E-state index contributed by atoms with van der Waals surface area (Å²) in [5.74, 6) is 1.02. The summed E-state index contributed by atoms with van der Waals surface area (Å²) in [5.41, 5.74) is 2.29. The average molecular weight is 355 g/mol. The molecule has 1 unspecified atom stereocenters. The molecule has 1 aromatic heterocycles. The molecule has 0 saturated carbocycles. The second-order valence-corrected chi connectivity index (χ2v) is 7.62. The maximum atomic E-state index is 13.2. The van der Waals surface area contributed by atoms with Crippen molar-refractivity contribution in [3.63, 3.8) is 0 Å². The van der Waals surface area contributed by atoms with Gasteiger partial charge >= 0.3 is 0 Å². The fraction of sp³-hybridized carbons (Fsp3) is 0.550. The van der Waals surface area contributed by atoms with Crippen LogP contribution in [-0.4, -0.2) is 44.7 Å². The molecule has 0 bridgehead atoms. The van der Waals surface area contributed by atoms with Gasteiger partial charge in [-0.2, -0.15) is 4.98 Å². The van der Waals surface area contributed by atoms with E-state index in [0.29, 0.717) is 31.2 Å². The predicted molar refractivity (Wildman–Crippen MR) is 95.9 cm³/mol. The lowest BCUT2D eigenvalue weighted by Crippen LogP contribution is -2.51. The molecule has 4 rings (SSSR count). The number of carbonyl (C=O) groups is 1. The number of piperidine rings is 1. The minimum Gasteiger partial charge on any atom is -0.388 e. The van der Waals surface area contributed by atoms with E-state index < -0.39 is 5.60 Å². The van der Waals surface area contributed by atoms with Crippen molar-refractivity contribution in [2.24, 2.45) is 0 Å². The van der Waals surface area contributed by atoms with Gasteiger partial charge in [-0.1, -0.05) is 17.3 Å². The molecule has 26 heavy (non-hydrogen) atoms. The van der Waals surface area contributed by atoms with Crippen molar-refractivity contribution in [3.8, 4) is 0 Å². The smallest absolute Gasteiger partial charge is 0.254 e. The van der Waals surface area contributed by atoms with Gasteiger partial charge < -0.3 is 14.5 Å². The Morgan fingerprint density at radius 1 is 1.31 bits per heavy atom. The molecule has 1 aliphatic carbocycles. The van der Waals surface area contributed by atoms with Crippen LogP contribution in [0.5, 0.6) is 0 Å². The largest absolute Gasteiger partial charge is 0.388 e. The number of fused-ring (bicyclic) bond motifs is 1. The quantitative estimate of drug-likeness (QED) is 0.915. The number of hydrogen-bond donors (Lipinski definition) is 1. The van der Waals surface area contributed by atoms with E-state index in [1.54, 1.807) is 11.8 Å². The Balaban J connectivity index is 1.53. The number of carbonyl (C=O) groups excluding carboxylic acids is 1. The number of aliphatic hydroxyl groups is 1. The molecule has 6 nitrogen and oxygen atoms in total. The molecule has 6 heteroatoms. The van der Waals surface area contributed by atoms with Crippen LogP contribution < -0.4 is 0 Å². The Bertz CT molecular complexity index is 816. The highest BCUT2D eigenvalue weighted by Gasteiger charge is 2.37. The van der Waals surface area contributed by atoms with Gasteiger partial charge in [0.05, 0.1) is 18.6 Å². The van der Waals surface area contributed by atoms with Crippen LogP contribution in [0.4, 0.5) is 0 Å². The predicted octanol–water partition coefficient (Wildman–Crippen LogP) is 2.47. The van der Waals surface area contributed by atoms with Crippen LogP contribution in [0.3, 0.4) is 0 Å². The molecular formula is C20H25N3O3. The summed E-state index contributed by atoms with van der Waals surface area (Å²) in [6.45, 7) is 2.73. The second kappa shape index (κ2) is 6.83. The minimum atomic E-state index is -1.01. The highest BCUT2D eigenvalue weighted by atomic mass is 16.5. The zero-order chi connectivity index (χ0) is 18.1. The molecule has 138 valence electrons. The summed E-state index contributed by atoms with van der Waals surface area (Å²) in [7, 11) is 0. The van der Waals surface area contributed by atoms with Crippen molar-refractivity contribution in [2.75, 3.05) is 13.1 Å². The van der Waals surface area contributed by atoms with Crippen LogP contribution in [0.2, 0.25) is 0 Å². The van der Waals surface area contributed by atoms with Gasteiger partial charge in [-0.05, 0) is 62.6 Å². The Hall–Kier alpha value is -2.21. The molecule has 2 aliphatic rings. The number of nitrogens with zero attached hydrogens (tertiary/aromatic N) is 3. The highest BCUT2D eigenvalue weighted by Crippen LogP contribution is 2.29. The molecule has 1 N–H and O–H groups in total. The van der Waals surface area contributed by atoms with Crippen molar-refractivity contribution in [1.82, 2.24) is 15.0 Å². The van der Waals surface area contributed by atoms with E-state index in [-0.39, 0.29) is 12.3 Å². The SMILES string of the molecule is Cc1noc(CC2(O)CCCN(C(=O)c3cccc4c3CCCC4)C2)n1. The third kappa shape index (κ3) is 3.38. The van der Waals surface area contributed by atoms with Gasteiger partial charge in [0, 0.05) is 12.1 Å². The van der Waals surface area contributed by atoms with Gasteiger partial charge in [0.25, 0.3) is 5.91 Å². The summed E-state index contributed by atoms with van der Waals surface area (Å²) >= 11 is 0. The van der Waals surface area contributed by atoms with Gasteiger partial charge in [-0.15, -0.1) is 0 Å². The minimum absolute atomic E-state index is 0.0311. The number of likely N-dealkylation sites (tertiary alicyclic amines) is 1. The maximum Gasteiger partial charge on any atom is 0.254 e. The van der Waals surface area contributed by atoms with E-state index in [0.717, 1.165) is 31.2 Å². The van der Waals surface area contributed by atoms with E-state index in [4.69, 9.17) is 4.52 Å². The van der Waals surface area contributed by atoms with Crippen LogP contribution in [-0.2, 0) is 19.3 Å². The maximum absolute atomic E-state index is 13.2. The summed E-state index contributed by atoms with van der Waals surface area (Å²) in [4.78, 5) is 19.2. The van der Waals surface area contributed by atoms with Crippen LogP contribution >= 0.6 is 0 Å². The van der Waals surface area contributed by atoms with Crippen LogP contribution in [0.1, 0.15) is 58.9 Å². The van der Waals surface area contributed by atoms with Gasteiger partial charge in [0.15, 0.2) is 5.82 Å². The monoisotopic (exact) mass is 355 g/mol. The van der Waals surface area contributed by atoms with Crippen LogP contribution in [0, 0.1) is 6.92 Å². The third-order valence-electron chi connectivity index (χ3n) is 5.52. The Morgan fingerprint density at radius 3 is 2.96 bits per heavy atom. The van der Waals surface area contributed by atoms with Crippen LogP contribution in [0.15, 0.2) is 22.7 Å². The fourth-order valence-corrected chi connectivity index (χ4v) is 4.28. The van der Waals surface area contributed by atoms with Gasteiger partial charge in [0.1, 0.15) is 0 Å². The van der Waals surface area contributed by atoms with E-state index in [1.807, 2.05) is 12.1 Å². The Labute approximate surface area is 153 Å². The molecule has 0 spiro atoms. The zero-order valence-electron chi connectivity index (χ0n) is 15.2. The van der Waals surface area contributed by atoms with Crippen molar-refractivity contribution >= 4 is 5.91 Å². The fourth-order valence-electron chi connectivity index (χ4n) is 4.28. The Morgan fingerprint density at radius 2 is 2.15 bits per heavy atom. The van der Waals surface area contributed by atoms with Crippen molar-refractivity contribution in [2.45, 2.75) is 57.5 Å². The topological polar surface area (TPSA) is 79.5 Å². The molecule has 1 saturated heterocycles. The number of benzene rings is 1. The number of rotatable bonds is 3. The molecule has 1 aliphatic heterocycles. The second-order valence-electron chi connectivity index (χ2n) is 7.62. The zero-order valence-corrected chi connectivity index (χ0v) is 15.2. The van der Waals surface area contributed by atoms with Gasteiger partial charge in [-0.3, -0.25) is 4.79 Å². The first-order valence-corrected chi connectivity index (χ1v) is 9.46. The summed E-state index contributed by atoms with van der Waals surface area (Å²) in [6, 6.07) is 6.05. The molecule has 2 aromatic rings. The van der Waals surface area contributed by atoms with Gasteiger partial charge in [0.2, 0.25) is 5.89 Å². The summed E-state index contributed by atoms with van der Waals surface area (Å²) in [6.07, 6.45) is 6.03. The third-order valence-corrected chi connectivity index (χ3v) is 5.52. The number of aryl methyl sites for hydroxylation is 2. The van der Waals surface area contributed by atoms with Crippen molar-refractivity contribution in [1.29, 1.82) is 0 Å². The standard InChI is InChI=1S/C20H25N3O3/c1-14-21-18(26-22-14)12-20(25)10-5-11-23(13-20)19(24)17-9-4-7-15-6-2-3-8-16(15)17/h4,7,9,25H,2-3,5-6,8,10-13H2,1H3. The lowest BCUT2D eigenvalue weighted by molar-refractivity contribution is -0.0287. The number of β-amino-alcohol motifs (C(OH)–C–C–N with tert-alkyl or cyclic N) is 1. The first-order chi connectivity index (χ1) is 12.5. The molecule has 1 atom stereocenters. The number of hydrogen-bond acceptors (Lipinski definition) is 5. The van der Waals surface area contributed by atoms with Crippen molar-refractivity contribution in [3.05, 3.63) is 46.6 Å². The number of aromatic nitrogens is 2. The molecule has 1 aromatic carbocycles. The van der Waals surface area contributed by atoms with Crippen molar-refractivity contribution < 1.29 is 14.4 Å². The molecule has 1 fully saturated rings. The molecule has 0 radical (unpaired) electrons. The van der Waals surface area contributed by atoms with Gasteiger partial charge in [-0.25, -0.2) is 0 Å². The summed E-state index contributed by atoms with van der Waals surface area (Å²) in [5, 5.41) is 14.8. The average Bonchev–Trinajstić information content (AvgIpc) is 3.04. The Kier molecular flexibility index (Phi) is 4.53. The van der Waals surface area contributed by atoms with E-state index in [1.165, 1.54) is 17.5 Å². The van der Waals surface area contributed by atoms with E-state index in [9.17, 15) is 9.90 Å². The molecule has 1 amide bonds. The van der Waals surface area contributed by atoms with Crippen LogP contribution in [0.25, 0.3) is 0 Å². The highest BCUT2D eigenvalue weighted by molar-refractivity contribution is 5.96. The number of amides is 1. The van der Waals surface area contributed by atoms with E-state index >= 15 is 0 Å². The van der Waals surface area contributed by atoms with E-state index in [2.05, 4.69) is 16.2 Å². The first-order valence-electron chi connectivity index (χ1n) is 9.46. The lowest BCUT2D eigenvalue weighted by Gasteiger charge is -2.39. The first kappa shape index (κ1) is 17.2. The lowest BCUT2D eigenvalue weighted by atomic mass is 9.86. The molecule has 2 heterocycles. The summed E-state index contributed by atoms with van der Waals surface area (Å²) < 4.78 is 5.16. The molecular weight excluding hydrogens is 330 g/mol. The normalized spacial score (nSPS) is 22.9.